The van der Waals surface area contributed by atoms with E-state index in [0.717, 1.165) is 29.5 Å². The number of rotatable bonds is 5. The number of aliphatic hydroxyl groups excluding tert-OH is 1. The van der Waals surface area contributed by atoms with Crippen molar-refractivity contribution >= 4 is 11.8 Å². The summed E-state index contributed by atoms with van der Waals surface area (Å²) < 4.78 is 0. The lowest BCUT2D eigenvalue weighted by Crippen LogP contribution is -2.65. The second-order valence-corrected chi connectivity index (χ2v) is 8.24. The predicted octanol–water partition coefficient (Wildman–Crippen LogP) is 2.64. The third-order valence-corrected chi connectivity index (χ3v) is 6.06. The normalized spacial score (nSPS) is 22.7. The molecule has 2 aliphatic rings. The minimum atomic E-state index is -0.594. The highest BCUT2D eigenvalue weighted by atomic mass is 16.3. The Morgan fingerprint density at radius 1 is 1.17 bits per heavy atom. The molecule has 1 aliphatic heterocycles. The predicted molar refractivity (Wildman–Crippen MR) is 112 cm³/mol. The summed E-state index contributed by atoms with van der Waals surface area (Å²) >= 11 is 0. The first-order valence-electron chi connectivity index (χ1n) is 10.2. The number of hydrogen-bond acceptors (Lipinski definition) is 4. The van der Waals surface area contributed by atoms with Crippen molar-refractivity contribution in [3.05, 3.63) is 59.7 Å². The maximum atomic E-state index is 12.7. The lowest BCUT2D eigenvalue weighted by molar-refractivity contribution is -0.148. The average molecular weight is 403 g/mol. The van der Waals surface area contributed by atoms with E-state index in [4.69, 9.17) is 0 Å². The van der Waals surface area contributed by atoms with E-state index in [1.54, 1.807) is 25.1 Å². The highest BCUT2D eigenvalue weighted by Gasteiger charge is 2.54. The van der Waals surface area contributed by atoms with Gasteiger partial charge in [-0.05, 0) is 41.7 Å². The Balaban J connectivity index is 1.72. The molecule has 1 saturated heterocycles. The summed E-state index contributed by atoms with van der Waals surface area (Å²) in [4.78, 5) is 28.2. The van der Waals surface area contributed by atoms with Gasteiger partial charge in [-0.2, -0.15) is 5.26 Å². The highest BCUT2D eigenvalue weighted by Crippen LogP contribution is 2.46. The number of hydrogen-bond donors (Lipinski definition) is 1. The lowest BCUT2D eigenvalue weighted by atomic mass is 9.73. The van der Waals surface area contributed by atoms with Crippen LogP contribution < -0.4 is 0 Å². The summed E-state index contributed by atoms with van der Waals surface area (Å²) in [6.45, 7) is -0.186. The van der Waals surface area contributed by atoms with Crippen LogP contribution in [0.15, 0.2) is 48.5 Å². The third-order valence-electron chi connectivity index (χ3n) is 6.06. The summed E-state index contributed by atoms with van der Waals surface area (Å²) in [6.07, 6.45) is 1.72. The van der Waals surface area contributed by atoms with Crippen LogP contribution in [0.1, 0.15) is 34.7 Å². The Morgan fingerprint density at radius 3 is 2.53 bits per heavy atom. The number of benzene rings is 2. The third kappa shape index (κ3) is 3.35. The van der Waals surface area contributed by atoms with E-state index in [2.05, 4.69) is 6.07 Å². The molecule has 3 atom stereocenters. The van der Waals surface area contributed by atoms with Crippen LogP contribution in [0, 0.1) is 17.2 Å². The molecule has 0 bridgehead atoms. The Labute approximate surface area is 176 Å². The first-order valence-corrected chi connectivity index (χ1v) is 10.2. The van der Waals surface area contributed by atoms with Gasteiger partial charge in [0, 0.05) is 31.5 Å². The fourth-order valence-corrected chi connectivity index (χ4v) is 4.35. The van der Waals surface area contributed by atoms with Crippen LogP contribution >= 0.6 is 0 Å². The maximum Gasteiger partial charge on any atom is 0.253 e. The van der Waals surface area contributed by atoms with Crippen molar-refractivity contribution in [3.8, 4) is 17.2 Å². The number of carbonyl (C=O) groups is 2. The molecule has 6 nitrogen and oxygen atoms in total. The van der Waals surface area contributed by atoms with Crippen LogP contribution in [0.4, 0.5) is 0 Å². The quantitative estimate of drug-likeness (QED) is 0.832. The molecule has 6 heteroatoms. The van der Waals surface area contributed by atoms with Crippen molar-refractivity contribution in [3.63, 3.8) is 0 Å². The van der Waals surface area contributed by atoms with E-state index in [1.165, 1.54) is 4.90 Å². The zero-order chi connectivity index (χ0) is 21.4. The molecule has 1 saturated carbocycles. The van der Waals surface area contributed by atoms with Crippen LogP contribution in [-0.2, 0) is 4.79 Å². The van der Waals surface area contributed by atoms with Gasteiger partial charge >= 0.3 is 0 Å². The van der Waals surface area contributed by atoms with Crippen molar-refractivity contribution in [2.75, 3.05) is 20.7 Å². The molecule has 1 aliphatic carbocycles. The fraction of sp³-hybridized carbons (Fsp3) is 0.375. The van der Waals surface area contributed by atoms with E-state index < -0.39 is 12.1 Å². The topological polar surface area (TPSA) is 84.6 Å². The first-order chi connectivity index (χ1) is 14.5. The molecule has 1 heterocycles. The molecule has 2 amide bonds. The molecule has 4 rings (SSSR count). The second-order valence-electron chi connectivity index (χ2n) is 8.24. The molecule has 30 heavy (non-hydrogen) atoms. The lowest BCUT2D eigenvalue weighted by Gasteiger charge is -2.52. The van der Waals surface area contributed by atoms with Gasteiger partial charge in [0.15, 0.2) is 0 Å². The smallest absolute Gasteiger partial charge is 0.253 e. The molecule has 1 N–H and O–H groups in total. The van der Waals surface area contributed by atoms with Gasteiger partial charge in [-0.15, -0.1) is 0 Å². The number of aliphatic hydroxyl groups is 1. The summed E-state index contributed by atoms with van der Waals surface area (Å²) in [5.74, 6) is -0.373. The molecule has 0 spiro atoms. The van der Waals surface area contributed by atoms with Crippen LogP contribution in [-0.4, -0.2) is 59.5 Å². The van der Waals surface area contributed by atoms with Gasteiger partial charge in [0.2, 0.25) is 5.91 Å². The van der Waals surface area contributed by atoms with Gasteiger partial charge in [-0.25, -0.2) is 0 Å². The largest absolute Gasteiger partial charge is 0.394 e. The molecule has 0 aromatic heterocycles. The zero-order valence-electron chi connectivity index (χ0n) is 17.2. The summed E-state index contributed by atoms with van der Waals surface area (Å²) in [7, 11) is 3.43. The van der Waals surface area contributed by atoms with Crippen LogP contribution in [0.3, 0.4) is 0 Å². The van der Waals surface area contributed by atoms with Gasteiger partial charge in [-0.1, -0.05) is 36.4 Å². The second kappa shape index (κ2) is 7.92. The molecule has 2 aromatic rings. The van der Waals surface area contributed by atoms with Gasteiger partial charge < -0.3 is 14.9 Å². The van der Waals surface area contributed by atoms with E-state index >= 15 is 0 Å². The van der Waals surface area contributed by atoms with Gasteiger partial charge in [-0.3, -0.25) is 9.59 Å². The fourth-order valence-electron chi connectivity index (χ4n) is 4.35. The molecule has 2 fully saturated rings. The summed E-state index contributed by atoms with van der Waals surface area (Å²) in [5, 5.41) is 19.9. The average Bonchev–Trinajstić information content (AvgIpc) is 3.59. The minimum Gasteiger partial charge on any atom is -0.394 e. The number of amides is 2. The number of likely N-dealkylation sites (tertiary alicyclic amines) is 1. The van der Waals surface area contributed by atoms with Crippen molar-refractivity contribution in [1.29, 1.82) is 5.26 Å². The van der Waals surface area contributed by atoms with Crippen molar-refractivity contribution < 1.29 is 14.7 Å². The summed E-state index contributed by atoms with van der Waals surface area (Å²) in [5.41, 5.74) is 3.28. The van der Waals surface area contributed by atoms with Crippen LogP contribution in [0.2, 0.25) is 0 Å². The van der Waals surface area contributed by atoms with Gasteiger partial charge in [0.05, 0.1) is 18.7 Å². The molecular formula is C24H25N3O3. The molecule has 2 aromatic carbocycles. The van der Waals surface area contributed by atoms with Crippen molar-refractivity contribution in [1.82, 2.24) is 9.80 Å². The maximum absolute atomic E-state index is 12.7. The van der Waals surface area contributed by atoms with E-state index in [0.29, 0.717) is 5.56 Å². The Morgan fingerprint density at radius 2 is 1.90 bits per heavy atom. The molecular weight excluding hydrogens is 378 g/mol. The van der Waals surface area contributed by atoms with E-state index in [1.807, 2.05) is 42.5 Å². The van der Waals surface area contributed by atoms with Crippen molar-refractivity contribution in [2.24, 2.45) is 5.92 Å². The zero-order valence-corrected chi connectivity index (χ0v) is 17.2. The Kier molecular flexibility index (Phi) is 5.31. The van der Waals surface area contributed by atoms with E-state index in [-0.39, 0.29) is 30.3 Å². The van der Waals surface area contributed by atoms with Crippen molar-refractivity contribution in [2.45, 2.75) is 30.8 Å². The first kappa shape index (κ1) is 20.1. The molecule has 0 radical (unpaired) electrons. The standard InChI is InChI=1S/C24H25N3O3/c1-26(2)23(29)17-7-5-6-16(12-17)18-8-3-4-9-19(18)22-20(13-25)27(21(22)14-28)24(30)15-10-11-15/h3-9,12,15,20-22,28H,10-11,14H2,1-2H3/t20-,21+,22-/m1/s1. The number of nitriles is 1. The SMILES string of the molecule is CN(C)C(=O)c1cccc(-c2ccccc2[C@@H]2[C@@H](C#N)N(C(=O)C3CC3)[C@H]2CO)c1. The monoisotopic (exact) mass is 403 g/mol. The van der Waals surface area contributed by atoms with Crippen LogP contribution in [0.5, 0.6) is 0 Å². The number of carbonyl (C=O) groups excluding carboxylic acids is 2. The van der Waals surface area contributed by atoms with Crippen LogP contribution in [0.25, 0.3) is 11.1 Å². The highest BCUT2D eigenvalue weighted by molar-refractivity contribution is 5.95. The minimum absolute atomic E-state index is 0.000166. The number of nitrogens with zero attached hydrogens (tertiary/aromatic N) is 3. The van der Waals surface area contributed by atoms with Gasteiger partial charge in [0.25, 0.3) is 5.91 Å². The van der Waals surface area contributed by atoms with E-state index in [9.17, 15) is 20.0 Å². The molecule has 0 unspecified atom stereocenters. The van der Waals surface area contributed by atoms with Gasteiger partial charge in [0.1, 0.15) is 6.04 Å². The summed E-state index contributed by atoms with van der Waals surface area (Å²) in [6, 6.07) is 16.4. The Bertz CT molecular complexity index is 1020. The molecule has 154 valence electrons. The Hall–Kier alpha value is -3.17.